The fourth-order valence-corrected chi connectivity index (χ4v) is 1.54. The van der Waals surface area contributed by atoms with Crippen LogP contribution in [0.5, 0.6) is 5.75 Å². The molecular weight excluding hydrogens is 228 g/mol. The molecule has 0 bridgehead atoms. The third kappa shape index (κ3) is 3.74. The van der Waals surface area contributed by atoms with Crippen LogP contribution in [-0.2, 0) is 11.2 Å². The fourth-order valence-electron chi connectivity index (χ4n) is 1.29. The molecule has 0 radical (unpaired) electrons. The minimum absolute atomic E-state index is 0.328. The molecule has 0 unspecified atom stereocenters. The number of aryl methyl sites for hydroxylation is 1. The van der Waals surface area contributed by atoms with Crippen molar-refractivity contribution in [2.75, 3.05) is 7.11 Å². The molecule has 4 heteroatoms. The van der Waals surface area contributed by atoms with E-state index in [9.17, 15) is 4.79 Å². The van der Waals surface area contributed by atoms with E-state index in [2.05, 4.69) is 11.7 Å². The fraction of sp³-hybridized carbons (Fsp3) is 0.417. The van der Waals surface area contributed by atoms with Gasteiger partial charge in [0, 0.05) is 0 Å². The summed E-state index contributed by atoms with van der Waals surface area (Å²) in [6, 6.07) is 5.40. The standard InChI is InChI=1S/C12H15ClO3/c1-3-4-5-9-6-7-11(10(13)8-9)16-12(14)15-2/h6-8H,3-5H2,1-2H3. The first-order chi connectivity index (χ1) is 7.67. The van der Waals surface area contributed by atoms with E-state index >= 15 is 0 Å². The van der Waals surface area contributed by atoms with Gasteiger partial charge in [-0.1, -0.05) is 31.0 Å². The maximum atomic E-state index is 10.9. The average molecular weight is 243 g/mol. The van der Waals surface area contributed by atoms with Gasteiger partial charge in [0.1, 0.15) is 0 Å². The minimum Gasteiger partial charge on any atom is -0.437 e. The van der Waals surface area contributed by atoms with E-state index in [4.69, 9.17) is 16.3 Å². The molecule has 1 rings (SSSR count). The highest BCUT2D eigenvalue weighted by atomic mass is 35.5. The molecule has 0 aliphatic heterocycles. The number of carbonyl (C=O) groups excluding carboxylic acids is 1. The molecule has 0 heterocycles. The van der Waals surface area contributed by atoms with Crippen LogP contribution in [-0.4, -0.2) is 13.3 Å². The minimum atomic E-state index is -0.761. The van der Waals surface area contributed by atoms with Crippen molar-refractivity contribution >= 4 is 17.8 Å². The molecule has 3 nitrogen and oxygen atoms in total. The Morgan fingerprint density at radius 2 is 2.19 bits per heavy atom. The maximum absolute atomic E-state index is 10.9. The SMILES string of the molecule is CCCCc1ccc(OC(=O)OC)c(Cl)c1. The van der Waals surface area contributed by atoms with Crippen molar-refractivity contribution in [1.29, 1.82) is 0 Å². The summed E-state index contributed by atoms with van der Waals surface area (Å²) < 4.78 is 9.25. The Balaban J connectivity index is 2.71. The third-order valence-electron chi connectivity index (χ3n) is 2.18. The molecule has 88 valence electrons. The first-order valence-corrected chi connectivity index (χ1v) is 5.59. The smallest absolute Gasteiger partial charge is 0.437 e. The summed E-state index contributed by atoms with van der Waals surface area (Å²) in [5.41, 5.74) is 1.14. The van der Waals surface area contributed by atoms with Crippen molar-refractivity contribution in [3.05, 3.63) is 28.8 Å². The quantitative estimate of drug-likeness (QED) is 0.595. The van der Waals surface area contributed by atoms with Gasteiger partial charge < -0.3 is 9.47 Å². The topological polar surface area (TPSA) is 35.5 Å². The molecule has 16 heavy (non-hydrogen) atoms. The summed E-state index contributed by atoms with van der Waals surface area (Å²) in [6.45, 7) is 2.14. The predicted molar refractivity (Wildman–Crippen MR) is 63.1 cm³/mol. The molecule has 0 aliphatic carbocycles. The van der Waals surface area contributed by atoms with Gasteiger partial charge in [0.25, 0.3) is 0 Å². The van der Waals surface area contributed by atoms with Crippen molar-refractivity contribution < 1.29 is 14.3 Å². The van der Waals surface area contributed by atoms with Gasteiger partial charge in [-0.3, -0.25) is 0 Å². The number of methoxy groups -OCH3 is 1. The van der Waals surface area contributed by atoms with E-state index in [-0.39, 0.29) is 0 Å². The number of benzene rings is 1. The Morgan fingerprint density at radius 1 is 1.44 bits per heavy atom. The molecule has 0 saturated carbocycles. The van der Waals surface area contributed by atoms with Crippen LogP contribution < -0.4 is 4.74 Å². The summed E-state index contributed by atoms with van der Waals surface area (Å²) in [5.74, 6) is 0.328. The van der Waals surface area contributed by atoms with Crippen LogP contribution in [0.15, 0.2) is 18.2 Å². The van der Waals surface area contributed by atoms with Crippen LogP contribution in [0.25, 0.3) is 0 Å². The predicted octanol–water partition coefficient (Wildman–Crippen LogP) is 3.83. The second-order valence-corrected chi connectivity index (χ2v) is 3.83. The van der Waals surface area contributed by atoms with Gasteiger partial charge in [0.2, 0.25) is 0 Å². The number of unbranched alkanes of at least 4 members (excludes halogenated alkanes) is 1. The lowest BCUT2D eigenvalue weighted by Crippen LogP contribution is -2.07. The van der Waals surface area contributed by atoms with E-state index in [1.807, 2.05) is 12.1 Å². The molecule has 1 aromatic carbocycles. The number of ether oxygens (including phenoxy) is 2. The summed E-state index contributed by atoms with van der Waals surface area (Å²) in [5, 5.41) is 0.430. The molecule has 0 fully saturated rings. The van der Waals surface area contributed by atoms with Crippen LogP contribution in [0.3, 0.4) is 0 Å². The summed E-state index contributed by atoms with van der Waals surface area (Å²) >= 11 is 5.98. The first kappa shape index (κ1) is 12.8. The monoisotopic (exact) mass is 242 g/mol. The van der Waals surface area contributed by atoms with Crippen LogP contribution in [0.4, 0.5) is 4.79 Å². The highest BCUT2D eigenvalue weighted by molar-refractivity contribution is 6.32. The van der Waals surface area contributed by atoms with Crippen molar-refractivity contribution in [2.24, 2.45) is 0 Å². The Hall–Kier alpha value is -1.22. The van der Waals surface area contributed by atoms with Crippen molar-refractivity contribution in [2.45, 2.75) is 26.2 Å². The zero-order valence-corrected chi connectivity index (χ0v) is 10.2. The molecule has 0 atom stereocenters. The zero-order chi connectivity index (χ0) is 12.0. The lowest BCUT2D eigenvalue weighted by molar-refractivity contribution is 0.121. The number of carbonyl (C=O) groups is 1. The van der Waals surface area contributed by atoms with E-state index in [1.54, 1.807) is 6.07 Å². The average Bonchev–Trinajstić information content (AvgIpc) is 2.29. The zero-order valence-electron chi connectivity index (χ0n) is 9.46. The third-order valence-corrected chi connectivity index (χ3v) is 2.47. The molecule has 0 saturated heterocycles. The van der Waals surface area contributed by atoms with Gasteiger partial charge in [-0.25, -0.2) is 4.79 Å². The Labute approximate surface area is 100 Å². The van der Waals surface area contributed by atoms with Gasteiger partial charge >= 0.3 is 6.16 Å². The first-order valence-electron chi connectivity index (χ1n) is 5.21. The number of hydrogen-bond acceptors (Lipinski definition) is 3. The highest BCUT2D eigenvalue weighted by Gasteiger charge is 2.08. The normalized spacial score (nSPS) is 9.94. The number of halogens is 1. The highest BCUT2D eigenvalue weighted by Crippen LogP contribution is 2.26. The second kappa shape index (κ2) is 6.38. The molecule has 0 N–H and O–H groups in total. The number of hydrogen-bond donors (Lipinski definition) is 0. The van der Waals surface area contributed by atoms with E-state index in [1.165, 1.54) is 7.11 Å². The lowest BCUT2D eigenvalue weighted by Gasteiger charge is -2.06. The second-order valence-electron chi connectivity index (χ2n) is 3.42. The molecule has 0 aliphatic rings. The van der Waals surface area contributed by atoms with Gasteiger partial charge in [0.05, 0.1) is 12.1 Å². The molecule has 0 aromatic heterocycles. The Kier molecular flexibility index (Phi) is 5.12. The Morgan fingerprint density at radius 3 is 2.75 bits per heavy atom. The lowest BCUT2D eigenvalue weighted by atomic mass is 10.1. The number of rotatable bonds is 4. The maximum Gasteiger partial charge on any atom is 0.513 e. The summed E-state index contributed by atoms with van der Waals surface area (Å²) in [4.78, 5) is 10.9. The summed E-state index contributed by atoms with van der Waals surface area (Å²) in [7, 11) is 1.26. The van der Waals surface area contributed by atoms with Gasteiger partial charge in [-0.2, -0.15) is 0 Å². The van der Waals surface area contributed by atoms with Crippen LogP contribution >= 0.6 is 11.6 Å². The Bertz CT molecular complexity index is 363. The van der Waals surface area contributed by atoms with Gasteiger partial charge in [-0.15, -0.1) is 0 Å². The molecule has 0 spiro atoms. The van der Waals surface area contributed by atoms with E-state index in [0.717, 1.165) is 24.8 Å². The molecule has 1 aromatic rings. The molecule has 0 amide bonds. The van der Waals surface area contributed by atoms with Crippen molar-refractivity contribution in [1.82, 2.24) is 0 Å². The largest absolute Gasteiger partial charge is 0.513 e. The van der Waals surface area contributed by atoms with Crippen molar-refractivity contribution in [3.8, 4) is 5.75 Å². The molecular formula is C12H15ClO3. The van der Waals surface area contributed by atoms with Crippen LogP contribution in [0.2, 0.25) is 5.02 Å². The van der Waals surface area contributed by atoms with Gasteiger partial charge in [-0.05, 0) is 30.5 Å². The van der Waals surface area contributed by atoms with E-state index < -0.39 is 6.16 Å². The van der Waals surface area contributed by atoms with E-state index in [0.29, 0.717) is 10.8 Å². The van der Waals surface area contributed by atoms with Crippen LogP contribution in [0.1, 0.15) is 25.3 Å². The van der Waals surface area contributed by atoms with Crippen LogP contribution in [0, 0.1) is 0 Å². The van der Waals surface area contributed by atoms with Gasteiger partial charge in [0.15, 0.2) is 5.75 Å². The van der Waals surface area contributed by atoms with Crippen molar-refractivity contribution in [3.63, 3.8) is 0 Å². The summed E-state index contributed by atoms with van der Waals surface area (Å²) in [6.07, 6.45) is 2.48.